The smallest absolute Gasteiger partial charge is 0.136 e. The molecule has 0 amide bonds. The monoisotopic (exact) mass is 287 g/mol. The minimum absolute atomic E-state index is 0.495. The summed E-state index contributed by atoms with van der Waals surface area (Å²) in [6.45, 7) is 5.84. The Bertz CT molecular complexity index is 397. The first-order valence-electron chi connectivity index (χ1n) is 5.03. The van der Waals surface area contributed by atoms with Gasteiger partial charge in [0.05, 0.1) is 18.7 Å². The highest BCUT2D eigenvalue weighted by Crippen LogP contribution is 2.42. The number of benzene rings is 1. The van der Waals surface area contributed by atoms with E-state index < -0.39 is 5.54 Å². The fourth-order valence-corrected chi connectivity index (χ4v) is 2.92. The lowest BCUT2D eigenvalue weighted by atomic mass is 9.93. The molecule has 1 rings (SSSR count). The highest BCUT2D eigenvalue weighted by molar-refractivity contribution is 9.10. The Morgan fingerprint density at radius 2 is 1.81 bits per heavy atom. The van der Waals surface area contributed by atoms with Crippen LogP contribution < -0.4 is 15.2 Å². The standard InChI is InChI=1S/C12H18BrNO2/c1-7-6-8(15-4)9(12(2,3)14)10(13)11(7)16-5/h6H,14H2,1-5H3. The Balaban J connectivity index is 3.57. The molecule has 90 valence electrons. The lowest BCUT2D eigenvalue weighted by Crippen LogP contribution is -2.30. The van der Waals surface area contributed by atoms with Gasteiger partial charge in [0.15, 0.2) is 0 Å². The van der Waals surface area contributed by atoms with Crippen LogP contribution in [0.2, 0.25) is 0 Å². The van der Waals surface area contributed by atoms with Gasteiger partial charge in [-0.25, -0.2) is 0 Å². The van der Waals surface area contributed by atoms with Crippen LogP contribution in [0.3, 0.4) is 0 Å². The minimum atomic E-state index is -0.495. The first-order valence-corrected chi connectivity index (χ1v) is 5.82. The second-order valence-electron chi connectivity index (χ2n) is 4.34. The van der Waals surface area contributed by atoms with Crippen molar-refractivity contribution < 1.29 is 9.47 Å². The molecule has 0 aliphatic rings. The zero-order valence-electron chi connectivity index (χ0n) is 10.3. The van der Waals surface area contributed by atoms with Crippen molar-refractivity contribution in [2.75, 3.05) is 14.2 Å². The Hall–Kier alpha value is -0.740. The van der Waals surface area contributed by atoms with Gasteiger partial charge in [-0.15, -0.1) is 0 Å². The number of ether oxygens (including phenoxy) is 2. The van der Waals surface area contributed by atoms with Crippen molar-refractivity contribution >= 4 is 15.9 Å². The van der Waals surface area contributed by atoms with E-state index in [0.29, 0.717) is 0 Å². The van der Waals surface area contributed by atoms with Crippen LogP contribution in [0.15, 0.2) is 10.5 Å². The van der Waals surface area contributed by atoms with Gasteiger partial charge in [-0.1, -0.05) is 0 Å². The van der Waals surface area contributed by atoms with Crippen molar-refractivity contribution in [2.24, 2.45) is 5.73 Å². The van der Waals surface area contributed by atoms with Crippen LogP contribution in [0.5, 0.6) is 11.5 Å². The van der Waals surface area contributed by atoms with Crippen LogP contribution in [0, 0.1) is 6.92 Å². The number of halogens is 1. The Morgan fingerprint density at radius 3 is 2.19 bits per heavy atom. The average molecular weight is 288 g/mol. The Kier molecular flexibility index (Phi) is 3.86. The molecule has 0 aliphatic carbocycles. The predicted octanol–water partition coefficient (Wildman–Crippen LogP) is 2.97. The summed E-state index contributed by atoms with van der Waals surface area (Å²) in [5.74, 6) is 1.58. The number of nitrogens with two attached hydrogens (primary N) is 1. The van der Waals surface area contributed by atoms with Crippen LogP contribution >= 0.6 is 15.9 Å². The Morgan fingerprint density at radius 1 is 1.25 bits per heavy atom. The molecule has 0 spiro atoms. The first kappa shape index (κ1) is 13.3. The summed E-state index contributed by atoms with van der Waals surface area (Å²) in [5.41, 5.74) is 7.57. The quantitative estimate of drug-likeness (QED) is 0.930. The van der Waals surface area contributed by atoms with E-state index in [4.69, 9.17) is 15.2 Å². The SMILES string of the molecule is COc1cc(C)c(OC)c(Br)c1C(C)(C)N. The van der Waals surface area contributed by atoms with E-state index in [1.165, 1.54) is 0 Å². The molecule has 2 N–H and O–H groups in total. The third-order valence-corrected chi connectivity index (χ3v) is 3.20. The van der Waals surface area contributed by atoms with Gasteiger partial charge in [-0.3, -0.25) is 0 Å². The Labute approximate surface area is 105 Å². The molecule has 0 aromatic heterocycles. The van der Waals surface area contributed by atoms with Crippen molar-refractivity contribution in [3.8, 4) is 11.5 Å². The summed E-state index contributed by atoms with van der Waals surface area (Å²) in [5, 5.41) is 0. The summed E-state index contributed by atoms with van der Waals surface area (Å²) in [4.78, 5) is 0. The van der Waals surface area contributed by atoms with Crippen molar-refractivity contribution in [1.29, 1.82) is 0 Å². The van der Waals surface area contributed by atoms with Crippen molar-refractivity contribution in [3.05, 3.63) is 21.7 Å². The van der Waals surface area contributed by atoms with Gasteiger partial charge in [0, 0.05) is 11.1 Å². The minimum Gasteiger partial charge on any atom is -0.496 e. The van der Waals surface area contributed by atoms with Crippen LogP contribution in [-0.2, 0) is 5.54 Å². The van der Waals surface area contributed by atoms with E-state index in [1.807, 2.05) is 26.8 Å². The summed E-state index contributed by atoms with van der Waals surface area (Å²) in [6, 6.07) is 1.94. The van der Waals surface area contributed by atoms with Crippen LogP contribution in [0.25, 0.3) is 0 Å². The third-order valence-electron chi connectivity index (χ3n) is 2.44. The molecule has 0 unspecified atom stereocenters. The highest BCUT2D eigenvalue weighted by atomic mass is 79.9. The molecule has 0 heterocycles. The topological polar surface area (TPSA) is 44.5 Å². The van der Waals surface area contributed by atoms with E-state index in [1.54, 1.807) is 14.2 Å². The van der Waals surface area contributed by atoms with E-state index in [0.717, 1.165) is 27.1 Å². The van der Waals surface area contributed by atoms with Gasteiger partial charge in [0.25, 0.3) is 0 Å². The molecular weight excluding hydrogens is 270 g/mol. The molecule has 0 atom stereocenters. The van der Waals surface area contributed by atoms with Crippen LogP contribution in [0.4, 0.5) is 0 Å². The zero-order valence-corrected chi connectivity index (χ0v) is 11.9. The highest BCUT2D eigenvalue weighted by Gasteiger charge is 2.26. The molecule has 0 saturated heterocycles. The van der Waals surface area contributed by atoms with Gasteiger partial charge in [0.2, 0.25) is 0 Å². The molecule has 16 heavy (non-hydrogen) atoms. The molecule has 4 heteroatoms. The summed E-state index contributed by atoms with van der Waals surface area (Å²) in [7, 11) is 3.29. The van der Waals surface area contributed by atoms with E-state index >= 15 is 0 Å². The van der Waals surface area contributed by atoms with Gasteiger partial charge < -0.3 is 15.2 Å². The third kappa shape index (κ3) is 2.33. The number of methoxy groups -OCH3 is 2. The van der Waals surface area contributed by atoms with Crippen molar-refractivity contribution in [1.82, 2.24) is 0 Å². The maximum Gasteiger partial charge on any atom is 0.136 e. The molecule has 0 aliphatic heterocycles. The van der Waals surface area contributed by atoms with Gasteiger partial charge in [-0.05, 0) is 48.3 Å². The molecular formula is C12H18BrNO2. The van der Waals surface area contributed by atoms with E-state index in [-0.39, 0.29) is 0 Å². The molecule has 1 aromatic carbocycles. The normalized spacial score (nSPS) is 11.4. The number of aryl methyl sites for hydroxylation is 1. The lowest BCUT2D eigenvalue weighted by Gasteiger charge is -2.25. The number of rotatable bonds is 3. The van der Waals surface area contributed by atoms with E-state index in [2.05, 4.69) is 15.9 Å². The largest absolute Gasteiger partial charge is 0.496 e. The molecule has 0 radical (unpaired) electrons. The number of hydrogen-bond acceptors (Lipinski definition) is 3. The summed E-state index contributed by atoms with van der Waals surface area (Å²) < 4.78 is 11.6. The van der Waals surface area contributed by atoms with Crippen molar-refractivity contribution in [3.63, 3.8) is 0 Å². The fourth-order valence-electron chi connectivity index (χ4n) is 1.74. The molecule has 1 aromatic rings. The second kappa shape index (κ2) is 4.63. The lowest BCUT2D eigenvalue weighted by molar-refractivity contribution is 0.380. The number of hydrogen-bond donors (Lipinski definition) is 1. The van der Waals surface area contributed by atoms with E-state index in [9.17, 15) is 0 Å². The van der Waals surface area contributed by atoms with Gasteiger partial charge >= 0.3 is 0 Å². The first-order chi connectivity index (χ1) is 7.32. The molecule has 0 fully saturated rings. The maximum atomic E-state index is 6.14. The molecule has 0 saturated carbocycles. The summed E-state index contributed by atoms with van der Waals surface area (Å²) in [6.07, 6.45) is 0. The predicted molar refractivity (Wildman–Crippen MR) is 69.2 cm³/mol. The zero-order chi connectivity index (χ0) is 12.5. The fraction of sp³-hybridized carbons (Fsp3) is 0.500. The molecule has 0 bridgehead atoms. The van der Waals surface area contributed by atoms with Crippen molar-refractivity contribution in [2.45, 2.75) is 26.3 Å². The average Bonchev–Trinajstić information content (AvgIpc) is 2.15. The van der Waals surface area contributed by atoms with Gasteiger partial charge in [-0.2, -0.15) is 0 Å². The maximum absolute atomic E-state index is 6.14. The second-order valence-corrected chi connectivity index (χ2v) is 5.13. The summed E-state index contributed by atoms with van der Waals surface area (Å²) >= 11 is 3.53. The van der Waals surface area contributed by atoms with Crippen LogP contribution in [-0.4, -0.2) is 14.2 Å². The van der Waals surface area contributed by atoms with Gasteiger partial charge in [0.1, 0.15) is 11.5 Å². The molecule has 3 nitrogen and oxygen atoms in total. The van der Waals surface area contributed by atoms with Crippen LogP contribution in [0.1, 0.15) is 25.0 Å².